The maximum atomic E-state index is 5.56. The molecule has 3 nitrogen and oxygen atoms in total. The summed E-state index contributed by atoms with van der Waals surface area (Å²) < 4.78 is 5.51. The maximum absolute atomic E-state index is 5.56. The first kappa shape index (κ1) is 12.9. The van der Waals surface area contributed by atoms with Crippen LogP contribution in [0.15, 0.2) is 42.5 Å². The second kappa shape index (κ2) is 6.43. The van der Waals surface area contributed by atoms with E-state index in [-0.39, 0.29) is 12.1 Å². The van der Waals surface area contributed by atoms with Gasteiger partial charge in [-0.25, -0.2) is 0 Å². The van der Waals surface area contributed by atoms with Crippen LogP contribution in [0.4, 0.5) is 0 Å². The molecule has 0 aliphatic heterocycles. The van der Waals surface area contributed by atoms with Gasteiger partial charge in [0, 0.05) is 7.11 Å². The fourth-order valence-electron chi connectivity index (χ4n) is 1.80. The van der Waals surface area contributed by atoms with Crippen LogP contribution >= 0.6 is 0 Å². The van der Waals surface area contributed by atoms with Crippen molar-refractivity contribution in [2.75, 3.05) is 7.11 Å². The Morgan fingerprint density at radius 1 is 1.44 bits per heavy atom. The van der Waals surface area contributed by atoms with Crippen LogP contribution in [0.3, 0.4) is 0 Å². The smallest absolute Gasteiger partial charge is 0.0990 e. The molecule has 0 radical (unpaired) electrons. The highest BCUT2D eigenvalue weighted by atomic mass is 16.5. The normalized spacial score (nSPS) is 14.4. The van der Waals surface area contributed by atoms with E-state index < -0.39 is 0 Å². The lowest BCUT2D eigenvalue weighted by atomic mass is 9.97. The Morgan fingerprint density at radius 3 is 2.50 bits per heavy atom. The number of hydrogen-bond acceptors (Lipinski definition) is 3. The van der Waals surface area contributed by atoms with Gasteiger partial charge >= 0.3 is 0 Å². The molecular formula is C13H20N2O. The molecule has 1 rings (SSSR count). The maximum Gasteiger partial charge on any atom is 0.0990 e. The lowest BCUT2D eigenvalue weighted by Gasteiger charge is -2.25. The van der Waals surface area contributed by atoms with Gasteiger partial charge in [-0.15, -0.1) is 6.58 Å². The number of benzene rings is 1. The summed E-state index contributed by atoms with van der Waals surface area (Å²) >= 11 is 0. The van der Waals surface area contributed by atoms with Gasteiger partial charge in [-0.2, -0.15) is 0 Å². The SMILES string of the molecule is C=C(C)CC(NN)C(OC)c1ccccc1. The van der Waals surface area contributed by atoms with Gasteiger partial charge in [0.2, 0.25) is 0 Å². The van der Waals surface area contributed by atoms with E-state index in [1.54, 1.807) is 7.11 Å². The summed E-state index contributed by atoms with van der Waals surface area (Å²) in [5, 5.41) is 0. The first-order valence-electron chi connectivity index (χ1n) is 5.37. The first-order chi connectivity index (χ1) is 7.69. The molecule has 88 valence electrons. The Balaban J connectivity index is 2.83. The fraction of sp³-hybridized carbons (Fsp3) is 0.385. The van der Waals surface area contributed by atoms with Crippen LogP contribution in [0.5, 0.6) is 0 Å². The van der Waals surface area contributed by atoms with Crippen LogP contribution in [0.1, 0.15) is 25.0 Å². The van der Waals surface area contributed by atoms with Crippen molar-refractivity contribution in [1.29, 1.82) is 0 Å². The number of rotatable bonds is 6. The molecule has 2 atom stereocenters. The standard InChI is InChI=1S/C13H20N2O/c1-10(2)9-12(15-14)13(16-3)11-7-5-4-6-8-11/h4-8,12-13,15H,1,9,14H2,2-3H3. The largest absolute Gasteiger partial charge is 0.375 e. The van der Waals surface area contributed by atoms with Gasteiger partial charge < -0.3 is 4.74 Å². The molecule has 0 bridgehead atoms. The minimum Gasteiger partial charge on any atom is -0.375 e. The molecule has 0 saturated heterocycles. The molecule has 3 N–H and O–H groups in total. The summed E-state index contributed by atoms with van der Waals surface area (Å²) in [5.74, 6) is 5.56. The average molecular weight is 220 g/mol. The lowest BCUT2D eigenvalue weighted by molar-refractivity contribution is 0.0679. The quantitative estimate of drug-likeness (QED) is 0.439. The number of ether oxygens (including phenoxy) is 1. The van der Waals surface area contributed by atoms with Gasteiger partial charge in [0.15, 0.2) is 0 Å². The van der Waals surface area contributed by atoms with Gasteiger partial charge in [-0.3, -0.25) is 11.3 Å². The summed E-state index contributed by atoms with van der Waals surface area (Å²) in [7, 11) is 1.69. The molecule has 0 saturated carbocycles. The third-order valence-corrected chi connectivity index (χ3v) is 2.53. The van der Waals surface area contributed by atoms with E-state index in [0.29, 0.717) is 0 Å². The van der Waals surface area contributed by atoms with E-state index in [1.165, 1.54) is 0 Å². The first-order valence-corrected chi connectivity index (χ1v) is 5.37. The molecule has 0 aliphatic carbocycles. The highest BCUT2D eigenvalue weighted by Gasteiger charge is 2.21. The third-order valence-electron chi connectivity index (χ3n) is 2.53. The van der Waals surface area contributed by atoms with Gasteiger partial charge in [0.1, 0.15) is 0 Å². The summed E-state index contributed by atoms with van der Waals surface area (Å²) in [5.41, 5.74) is 5.00. The molecule has 0 heterocycles. The second-order valence-electron chi connectivity index (χ2n) is 4.00. The van der Waals surface area contributed by atoms with Crippen molar-refractivity contribution in [3.63, 3.8) is 0 Å². The predicted molar refractivity (Wildman–Crippen MR) is 66.7 cm³/mol. The Labute approximate surface area is 97.3 Å². The summed E-state index contributed by atoms with van der Waals surface area (Å²) in [6.07, 6.45) is 0.743. The number of hydrogen-bond donors (Lipinski definition) is 2. The summed E-state index contributed by atoms with van der Waals surface area (Å²) in [6.45, 7) is 5.89. The van der Waals surface area contributed by atoms with Gasteiger partial charge in [-0.1, -0.05) is 35.9 Å². The Morgan fingerprint density at radius 2 is 2.06 bits per heavy atom. The monoisotopic (exact) mass is 220 g/mol. The molecule has 0 fully saturated rings. The van der Waals surface area contributed by atoms with Crippen molar-refractivity contribution in [3.05, 3.63) is 48.0 Å². The molecule has 1 aromatic carbocycles. The van der Waals surface area contributed by atoms with Crippen LogP contribution in [0.25, 0.3) is 0 Å². The minimum atomic E-state index is -0.0529. The second-order valence-corrected chi connectivity index (χ2v) is 4.00. The molecule has 0 spiro atoms. The molecule has 0 aromatic heterocycles. The van der Waals surface area contributed by atoms with Crippen LogP contribution in [-0.4, -0.2) is 13.2 Å². The third kappa shape index (κ3) is 3.45. The van der Waals surface area contributed by atoms with Crippen molar-refractivity contribution < 1.29 is 4.74 Å². The molecule has 2 unspecified atom stereocenters. The molecular weight excluding hydrogens is 200 g/mol. The van der Waals surface area contributed by atoms with Crippen molar-refractivity contribution in [2.24, 2.45) is 5.84 Å². The van der Waals surface area contributed by atoms with E-state index >= 15 is 0 Å². The lowest BCUT2D eigenvalue weighted by Crippen LogP contribution is -2.40. The van der Waals surface area contributed by atoms with E-state index in [9.17, 15) is 0 Å². The Kier molecular flexibility index (Phi) is 5.19. The highest BCUT2D eigenvalue weighted by Crippen LogP contribution is 2.23. The van der Waals surface area contributed by atoms with Crippen LogP contribution in [-0.2, 0) is 4.74 Å². The van der Waals surface area contributed by atoms with E-state index in [4.69, 9.17) is 10.6 Å². The minimum absolute atomic E-state index is 0.0462. The molecule has 3 heteroatoms. The van der Waals surface area contributed by atoms with Crippen LogP contribution < -0.4 is 11.3 Å². The van der Waals surface area contributed by atoms with Crippen molar-refractivity contribution >= 4 is 0 Å². The zero-order chi connectivity index (χ0) is 12.0. The van der Waals surface area contributed by atoms with Gasteiger partial charge in [-0.05, 0) is 18.9 Å². The number of methoxy groups -OCH3 is 1. The highest BCUT2D eigenvalue weighted by molar-refractivity contribution is 5.19. The Hall–Kier alpha value is -1.16. The van der Waals surface area contributed by atoms with E-state index in [2.05, 4.69) is 12.0 Å². The topological polar surface area (TPSA) is 47.3 Å². The summed E-state index contributed by atoms with van der Waals surface area (Å²) in [4.78, 5) is 0. The number of nitrogens with one attached hydrogen (secondary N) is 1. The van der Waals surface area contributed by atoms with E-state index in [0.717, 1.165) is 17.6 Å². The van der Waals surface area contributed by atoms with E-state index in [1.807, 2.05) is 37.3 Å². The van der Waals surface area contributed by atoms with Crippen LogP contribution in [0.2, 0.25) is 0 Å². The fourth-order valence-corrected chi connectivity index (χ4v) is 1.80. The molecule has 16 heavy (non-hydrogen) atoms. The molecule has 0 amide bonds. The van der Waals surface area contributed by atoms with Gasteiger partial charge in [0.05, 0.1) is 12.1 Å². The van der Waals surface area contributed by atoms with Crippen molar-refractivity contribution in [2.45, 2.75) is 25.5 Å². The van der Waals surface area contributed by atoms with Crippen molar-refractivity contribution in [1.82, 2.24) is 5.43 Å². The van der Waals surface area contributed by atoms with Crippen LogP contribution in [0, 0.1) is 0 Å². The predicted octanol–water partition coefficient (Wildman–Crippen LogP) is 2.17. The summed E-state index contributed by atoms with van der Waals surface area (Å²) in [6, 6.07) is 10.1. The zero-order valence-corrected chi connectivity index (χ0v) is 9.94. The average Bonchev–Trinajstić information content (AvgIpc) is 2.29. The molecule has 0 aliphatic rings. The molecule has 1 aromatic rings. The number of nitrogens with two attached hydrogens (primary N) is 1. The zero-order valence-electron chi connectivity index (χ0n) is 9.94. The van der Waals surface area contributed by atoms with Gasteiger partial charge in [0.25, 0.3) is 0 Å². The van der Waals surface area contributed by atoms with Crippen molar-refractivity contribution in [3.8, 4) is 0 Å². The Bertz CT molecular complexity index is 324. The number of hydrazine groups is 1.